The maximum Gasteiger partial charge on any atom is 0.407 e. The number of halogens is 3. The van der Waals surface area contributed by atoms with Crippen LogP contribution in [0.2, 0.25) is 10.0 Å². The van der Waals surface area contributed by atoms with Gasteiger partial charge in [-0.25, -0.2) is 17.6 Å². The number of methoxy groups -OCH3 is 1. The number of sulfonamides is 1. The van der Waals surface area contributed by atoms with Crippen molar-refractivity contribution in [3.8, 4) is 0 Å². The number of carbonyl (C=O) groups is 2. The minimum atomic E-state index is -3.84. The number of piperazine rings is 1. The van der Waals surface area contributed by atoms with Crippen molar-refractivity contribution in [1.29, 1.82) is 0 Å². The Balaban J connectivity index is 1.36. The minimum absolute atomic E-state index is 0.0264. The summed E-state index contributed by atoms with van der Waals surface area (Å²) in [7, 11) is -2.62. The van der Waals surface area contributed by atoms with Gasteiger partial charge in [-0.05, 0) is 86.9 Å². The predicted octanol–water partition coefficient (Wildman–Crippen LogP) is 5.77. The number of nitrogens with zero attached hydrogens (tertiary/aromatic N) is 2. The standard InChI is InChI=1S/C35H42Cl2FN5O6S/c1-22-18-39-19-27(43(22)50(46,47)28-12-10-26(37)11-13-28)4-3-5-29-30(38)20-40-21-31(29)41-34(44)33(42-35(45)48-2)32(24-14-16-49-17-15-24)23-6-8-25(36)9-7-23/h6-13,20-22,24,27,32-33,39H,3-5,14-19H2,1-2H3,(H,41,44)(H,42,45)/t22-,27-,32-,33-/m0/s1. The molecule has 0 unspecified atom stereocenters. The molecule has 3 heterocycles. The number of aromatic nitrogens is 1. The fourth-order valence-corrected chi connectivity index (χ4v) is 9.04. The Morgan fingerprint density at radius 3 is 2.38 bits per heavy atom. The van der Waals surface area contributed by atoms with Gasteiger partial charge in [-0.1, -0.05) is 35.3 Å². The number of hydrogen-bond donors (Lipinski definition) is 3. The molecule has 1 aromatic heterocycles. The maximum atomic E-state index is 15.4. The number of nitrogens with one attached hydrogen (secondary N) is 3. The third kappa shape index (κ3) is 9.12. The highest BCUT2D eigenvalue weighted by atomic mass is 35.5. The van der Waals surface area contributed by atoms with Crippen LogP contribution in [0.3, 0.4) is 0 Å². The summed E-state index contributed by atoms with van der Waals surface area (Å²) in [4.78, 5) is 30.9. The van der Waals surface area contributed by atoms with Gasteiger partial charge in [-0.15, -0.1) is 0 Å². The molecule has 11 nitrogen and oxygen atoms in total. The summed E-state index contributed by atoms with van der Waals surface area (Å²) in [6.45, 7) is 3.78. The van der Waals surface area contributed by atoms with Crippen molar-refractivity contribution < 1.29 is 31.9 Å². The number of ether oxygens (including phenoxy) is 2. The average molecular weight is 751 g/mol. The third-order valence-corrected chi connectivity index (χ3v) is 11.9. The van der Waals surface area contributed by atoms with Crippen molar-refractivity contribution in [3.05, 3.63) is 87.9 Å². The van der Waals surface area contributed by atoms with E-state index in [1.165, 1.54) is 29.7 Å². The molecule has 2 saturated heterocycles. The number of alkyl carbamates (subject to hydrolysis) is 1. The SMILES string of the molecule is COC(=O)N[C@H](C(=O)Nc1cncc(F)c1CCC[C@H]1CNC[C@H](C)N1S(=O)(=O)c1ccc(Cl)cc1)[C@@H](c1ccc(Cl)cc1)C1CCOCC1. The molecule has 3 N–H and O–H groups in total. The van der Waals surface area contributed by atoms with Gasteiger partial charge >= 0.3 is 6.09 Å². The zero-order chi connectivity index (χ0) is 35.8. The number of anilines is 1. The number of carbonyl (C=O) groups excluding carboxylic acids is 2. The molecule has 15 heteroatoms. The first-order valence-electron chi connectivity index (χ1n) is 16.6. The van der Waals surface area contributed by atoms with Crippen LogP contribution in [0.5, 0.6) is 0 Å². The van der Waals surface area contributed by atoms with Crippen molar-refractivity contribution >= 4 is 50.9 Å². The van der Waals surface area contributed by atoms with Crippen LogP contribution in [-0.2, 0) is 30.7 Å². The lowest BCUT2D eigenvalue weighted by molar-refractivity contribution is -0.119. The van der Waals surface area contributed by atoms with Crippen LogP contribution < -0.4 is 16.0 Å². The number of hydrogen-bond acceptors (Lipinski definition) is 8. The molecule has 4 atom stereocenters. The summed E-state index contributed by atoms with van der Waals surface area (Å²) in [6.07, 6.45) is 4.01. The van der Waals surface area contributed by atoms with Gasteiger partial charge in [0.15, 0.2) is 0 Å². The van der Waals surface area contributed by atoms with Crippen molar-refractivity contribution in [2.75, 3.05) is 38.7 Å². The normalized spacial score (nSPS) is 20.1. The molecule has 0 saturated carbocycles. The van der Waals surface area contributed by atoms with Crippen LogP contribution in [-0.4, -0.2) is 81.2 Å². The molecule has 0 radical (unpaired) electrons. The first-order chi connectivity index (χ1) is 24.0. The minimum Gasteiger partial charge on any atom is -0.453 e. The van der Waals surface area contributed by atoms with Gasteiger partial charge < -0.3 is 25.4 Å². The lowest BCUT2D eigenvalue weighted by Crippen LogP contribution is -2.58. The van der Waals surface area contributed by atoms with Crippen molar-refractivity contribution in [1.82, 2.24) is 19.9 Å². The highest BCUT2D eigenvalue weighted by molar-refractivity contribution is 7.89. The average Bonchev–Trinajstić information content (AvgIpc) is 3.10. The van der Waals surface area contributed by atoms with Gasteiger partial charge in [0.1, 0.15) is 11.9 Å². The van der Waals surface area contributed by atoms with E-state index in [2.05, 4.69) is 20.9 Å². The Morgan fingerprint density at radius 1 is 1.06 bits per heavy atom. The smallest absolute Gasteiger partial charge is 0.407 e. The molecular formula is C35H42Cl2FN5O6S. The Bertz CT molecular complexity index is 1730. The lowest BCUT2D eigenvalue weighted by atomic mass is 9.76. The molecule has 270 valence electrons. The number of rotatable bonds is 12. The van der Waals surface area contributed by atoms with Gasteiger partial charge in [0.05, 0.1) is 30.1 Å². The van der Waals surface area contributed by atoms with E-state index in [0.717, 1.165) is 11.8 Å². The van der Waals surface area contributed by atoms with Crippen molar-refractivity contribution in [3.63, 3.8) is 0 Å². The van der Waals surface area contributed by atoms with Crippen LogP contribution in [0.4, 0.5) is 14.9 Å². The largest absolute Gasteiger partial charge is 0.453 e. The third-order valence-electron chi connectivity index (χ3n) is 9.36. The molecular weight excluding hydrogens is 708 g/mol. The van der Waals surface area contributed by atoms with Gasteiger partial charge in [0.25, 0.3) is 0 Å². The van der Waals surface area contributed by atoms with Crippen LogP contribution in [0.15, 0.2) is 65.8 Å². The van der Waals surface area contributed by atoms with Crippen molar-refractivity contribution in [2.45, 2.75) is 68.0 Å². The first kappa shape index (κ1) is 37.9. The molecule has 2 aliphatic heterocycles. The van der Waals surface area contributed by atoms with Crippen molar-refractivity contribution in [2.24, 2.45) is 5.92 Å². The molecule has 2 fully saturated rings. The van der Waals surface area contributed by atoms with Crippen LogP contribution in [0.1, 0.15) is 49.7 Å². The second kappa shape index (κ2) is 17.3. The van der Waals surface area contributed by atoms with Crippen LogP contribution >= 0.6 is 23.2 Å². The summed E-state index contributed by atoms with van der Waals surface area (Å²) in [5.74, 6) is -1.68. The fraction of sp³-hybridized carbons (Fsp3) is 0.457. The summed E-state index contributed by atoms with van der Waals surface area (Å²) >= 11 is 12.2. The van der Waals surface area contributed by atoms with Gasteiger partial charge in [0.2, 0.25) is 15.9 Å². The van der Waals surface area contributed by atoms with E-state index >= 15 is 4.39 Å². The summed E-state index contributed by atoms with van der Waals surface area (Å²) in [5, 5.41) is 9.83. The van der Waals surface area contributed by atoms with Gasteiger partial charge in [-0.3, -0.25) is 9.78 Å². The van der Waals surface area contributed by atoms with E-state index < -0.39 is 45.8 Å². The van der Waals surface area contributed by atoms with Gasteiger partial charge in [-0.2, -0.15) is 4.31 Å². The highest BCUT2D eigenvalue weighted by Crippen LogP contribution is 2.36. The van der Waals surface area contributed by atoms with E-state index in [-0.39, 0.29) is 34.5 Å². The van der Waals surface area contributed by atoms with E-state index in [4.69, 9.17) is 32.7 Å². The summed E-state index contributed by atoms with van der Waals surface area (Å²) in [6, 6.07) is 11.4. The number of pyridine rings is 1. The van der Waals surface area contributed by atoms with Crippen LogP contribution in [0.25, 0.3) is 0 Å². The summed E-state index contributed by atoms with van der Waals surface area (Å²) < 4.78 is 54.8. The highest BCUT2D eigenvalue weighted by Gasteiger charge is 2.39. The predicted molar refractivity (Wildman–Crippen MR) is 189 cm³/mol. The molecule has 2 aromatic carbocycles. The van der Waals surface area contributed by atoms with E-state index in [1.807, 2.05) is 19.1 Å². The first-order valence-corrected chi connectivity index (χ1v) is 18.8. The number of amides is 2. The van der Waals surface area contributed by atoms with E-state index in [1.54, 1.807) is 24.3 Å². The fourth-order valence-electron chi connectivity index (χ4n) is 6.94. The zero-order valence-corrected chi connectivity index (χ0v) is 30.2. The molecule has 0 aliphatic carbocycles. The maximum absolute atomic E-state index is 15.4. The topological polar surface area (TPSA) is 139 Å². The molecule has 2 aliphatic rings. The van der Waals surface area contributed by atoms with Crippen LogP contribution in [0, 0.1) is 11.7 Å². The lowest BCUT2D eigenvalue weighted by Gasteiger charge is -2.40. The molecule has 0 spiro atoms. The van der Waals surface area contributed by atoms with E-state index in [9.17, 15) is 18.0 Å². The number of benzene rings is 2. The summed E-state index contributed by atoms with van der Waals surface area (Å²) in [5.41, 5.74) is 1.18. The molecule has 50 heavy (non-hydrogen) atoms. The Labute approximate surface area is 302 Å². The Hall–Kier alpha value is -3.33. The molecule has 3 aromatic rings. The second-order valence-electron chi connectivity index (χ2n) is 12.6. The molecule has 5 rings (SSSR count). The quantitative estimate of drug-likeness (QED) is 0.212. The van der Waals surface area contributed by atoms with Gasteiger partial charge in [0, 0.05) is 59.9 Å². The molecule has 0 bridgehead atoms. The molecule has 2 amide bonds. The van der Waals surface area contributed by atoms with E-state index in [0.29, 0.717) is 62.0 Å². The second-order valence-corrected chi connectivity index (χ2v) is 15.3. The Kier molecular flexibility index (Phi) is 13.1. The Morgan fingerprint density at radius 2 is 1.72 bits per heavy atom. The monoisotopic (exact) mass is 749 g/mol. The zero-order valence-electron chi connectivity index (χ0n) is 27.9.